The average molecular weight is 380 g/mol. The molecule has 0 aliphatic rings. The fourth-order valence-electron chi connectivity index (χ4n) is 4.23. The summed E-state index contributed by atoms with van der Waals surface area (Å²) in [6.45, 7) is 6.87. The minimum atomic E-state index is -0.0604. The molecule has 0 bridgehead atoms. The molecule has 0 fully saturated rings. The van der Waals surface area contributed by atoms with Crippen molar-refractivity contribution in [1.29, 1.82) is 0 Å². The van der Waals surface area contributed by atoms with E-state index in [0.717, 1.165) is 23.0 Å². The van der Waals surface area contributed by atoms with E-state index in [-0.39, 0.29) is 5.54 Å². The summed E-state index contributed by atoms with van der Waals surface area (Å²) < 4.78 is 6.17. The van der Waals surface area contributed by atoms with Crippen LogP contribution in [-0.2, 0) is 0 Å². The maximum atomic E-state index is 6.17. The summed E-state index contributed by atoms with van der Waals surface area (Å²) in [5.41, 5.74) is 4.20. The van der Waals surface area contributed by atoms with Gasteiger partial charge in [0.25, 0.3) is 0 Å². The first-order valence-electron chi connectivity index (χ1n) is 10.3. The molecule has 0 spiro atoms. The molecule has 0 aliphatic carbocycles. The molecule has 2 heteroatoms. The lowest BCUT2D eigenvalue weighted by Crippen LogP contribution is -2.40. The fraction of sp³-hybridized carbons (Fsp3) is 0.185. The molecule has 144 valence electrons. The molecule has 29 heavy (non-hydrogen) atoms. The zero-order valence-corrected chi connectivity index (χ0v) is 17.1. The number of rotatable bonds is 4. The highest BCUT2D eigenvalue weighted by atomic mass is 16.3. The quantitative estimate of drug-likeness (QED) is 0.314. The van der Waals surface area contributed by atoms with Crippen LogP contribution in [0.25, 0.3) is 32.7 Å². The first-order valence-corrected chi connectivity index (χ1v) is 10.3. The maximum Gasteiger partial charge on any atom is 0.137 e. The maximum absolute atomic E-state index is 6.17. The zero-order chi connectivity index (χ0) is 20.0. The van der Waals surface area contributed by atoms with E-state index < -0.39 is 0 Å². The second kappa shape index (κ2) is 6.66. The van der Waals surface area contributed by atoms with Crippen molar-refractivity contribution in [1.82, 2.24) is 0 Å². The number of furan rings is 1. The van der Waals surface area contributed by atoms with Crippen molar-refractivity contribution in [2.45, 2.75) is 32.7 Å². The highest BCUT2D eigenvalue weighted by molar-refractivity contribution is 6.12. The van der Waals surface area contributed by atoms with Gasteiger partial charge in [0, 0.05) is 16.6 Å². The molecule has 1 aromatic heterocycles. The predicted octanol–water partition coefficient (Wildman–Crippen LogP) is 8.07. The monoisotopic (exact) mass is 379 g/mol. The van der Waals surface area contributed by atoms with E-state index in [1.807, 2.05) is 12.1 Å². The van der Waals surface area contributed by atoms with Gasteiger partial charge >= 0.3 is 0 Å². The van der Waals surface area contributed by atoms with Crippen LogP contribution in [0.15, 0.2) is 89.3 Å². The minimum Gasteiger partial charge on any atom is -0.456 e. The van der Waals surface area contributed by atoms with Gasteiger partial charge in [-0.15, -0.1) is 0 Å². The summed E-state index contributed by atoms with van der Waals surface area (Å²) in [6, 6.07) is 30.0. The van der Waals surface area contributed by atoms with Crippen LogP contribution >= 0.6 is 0 Å². The molecule has 0 unspecified atom stereocenters. The van der Waals surface area contributed by atoms with Gasteiger partial charge in [-0.1, -0.05) is 61.5 Å². The zero-order valence-electron chi connectivity index (χ0n) is 17.1. The van der Waals surface area contributed by atoms with E-state index in [1.165, 1.54) is 27.5 Å². The van der Waals surface area contributed by atoms with Crippen LogP contribution in [0.3, 0.4) is 0 Å². The van der Waals surface area contributed by atoms with Crippen molar-refractivity contribution in [3.8, 4) is 0 Å². The number of hydrogen-bond acceptors (Lipinski definition) is 2. The summed E-state index contributed by atoms with van der Waals surface area (Å²) in [7, 11) is 0. The standard InChI is InChI=1S/C27H25NO/c1-4-27(2,3)28(21-17-16-19-10-5-6-11-20(19)18-21)23-13-9-15-25-26(23)22-12-7-8-14-24(22)29-25/h5-18H,4H2,1-3H3. The lowest BCUT2D eigenvalue weighted by atomic mass is 9.95. The molecule has 2 nitrogen and oxygen atoms in total. The second-order valence-corrected chi connectivity index (χ2v) is 8.28. The Kier molecular flexibility index (Phi) is 4.09. The summed E-state index contributed by atoms with van der Waals surface area (Å²) in [4.78, 5) is 2.48. The van der Waals surface area contributed by atoms with Crippen LogP contribution in [0.5, 0.6) is 0 Å². The summed E-state index contributed by atoms with van der Waals surface area (Å²) in [5.74, 6) is 0. The van der Waals surface area contributed by atoms with Gasteiger partial charge in [-0.3, -0.25) is 0 Å². The van der Waals surface area contributed by atoms with Crippen molar-refractivity contribution in [3.63, 3.8) is 0 Å². The molecule has 0 amide bonds. The van der Waals surface area contributed by atoms with Gasteiger partial charge in [-0.2, -0.15) is 0 Å². The normalized spacial score (nSPS) is 12.1. The van der Waals surface area contributed by atoms with E-state index in [0.29, 0.717) is 0 Å². The second-order valence-electron chi connectivity index (χ2n) is 8.28. The Hall–Kier alpha value is -3.26. The molecule has 1 heterocycles. The van der Waals surface area contributed by atoms with Crippen LogP contribution in [0.1, 0.15) is 27.2 Å². The molecular weight excluding hydrogens is 354 g/mol. The first kappa shape index (κ1) is 17.8. The third kappa shape index (κ3) is 2.87. The van der Waals surface area contributed by atoms with Crippen LogP contribution < -0.4 is 4.90 Å². The van der Waals surface area contributed by atoms with Crippen molar-refractivity contribution < 1.29 is 4.42 Å². The first-order chi connectivity index (χ1) is 14.1. The number of para-hydroxylation sites is 1. The molecular formula is C27H25NO. The van der Waals surface area contributed by atoms with Crippen molar-refractivity contribution >= 4 is 44.1 Å². The van der Waals surface area contributed by atoms with Crippen molar-refractivity contribution in [2.75, 3.05) is 4.90 Å². The highest BCUT2D eigenvalue weighted by Gasteiger charge is 2.29. The number of anilines is 2. The van der Waals surface area contributed by atoms with Gasteiger partial charge in [-0.25, -0.2) is 0 Å². The molecule has 0 N–H and O–H groups in total. The fourth-order valence-corrected chi connectivity index (χ4v) is 4.23. The predicted molar refractivity (Wildman–Crippen MR) is 124 cm³/mol. The topological polar surface area (TPSA) is 16.4 Å². The summed E-state index contributed by atoms with van der Waals surface area (Å²) >= 11 is 0. The largest absolute Gasteiger partial charge is 0.456 e. The molecule has 4 aromatic carbocycles. The van der Waals surface area contributed by atoms with E-state index in [9.17, 15) is 0 Å². The molecule has 0 saturated heterocycles. The van der Waals surface area contributed by atoms with Crippen LogP contribution in [0.2, 0.25) is 0 Å². The Balaban J connectivity index is 1.82. The number of fused-ring (bicyclic) bond motifs is 4. The Bertz CT molecular complexity index is 1330. The van der Waals surface area contributed by atoms with Gasteiger partial charge < -0.3 is 9.32 Å². The van der Waals surface area contributed by atoms with E-state index in [4.69, 9.17) is 4.42 Å². The summed E-state index contributed by atoms with van der Waals surface area (Å²) in [6.07, 6.45) is 1.02. The third-order valence-electron chi connectivity index (χ3n) is 6.08. The molecule has 0 aliphatic heterocycles. The molecule has 0 radical (unpaired) electrons. The minimum absolute atomic E-state index is 0.0604. The van der Waals surface area contributed by atoms with E-state index >= 15 is 0 Å². The van der Waals surface area contributed by atoms with Gasteiger partial charge in [-0.05, 0) is 61.4 Å². The molecule has 5 rings (SSSR count). The molecule has 5 aromatic rings. The van der Waals surface area contributed by atoms with Gasteiger partial charge in [0.05, 0.1) is 11.1 Å². The van der Waals surface area contributed by atoms with Crippen molar-refractivity contribution in [2.24, 2.45) is 0 Å². The smallest absolute Gasteiger partial charge is 0.137 e. The number of nitrogens with zero attached hydrogens (tertiary/aromatic N) is 1. The average Bonchev–Trinajstić information content (AvgIpc) is 3.13. The Morgan fingerprint density at radius 2 is 1.48 bits per heavy atom. The molecule has 0 atom stereocenters. The van der Waals surface area contributed by atoms with E-state index in [1.54, 1.807) is 0 Å². The SMILES string of the molecule is CCC(C)(C)N(c1ccc2ccccc2c1)c1cccc2oc3ccccc3c12. The number of hydrogen-bond donors (Lipinski definition) is 0. The van der Waals surface area contributed by atoms with Crippen molar-refractivity contribution in [3.05, 3.63) is 84.9 Å². The lowest BCUT2D eigenvalue weighted by Gasteiger charge is -2.40. The Morgan fingerprint density at radius 1 is 0.759 bits per heavy atom. The van der Waals surface area contributed by atoms with Gasteiger partial charge in [0.15, 0.2) is 0 Å². The van der Waals surface area contributed by atoms with E-state index in [2.05, 4.69) is 98.5 Å². The third-order valence-corrected chi connectivity index (χ3v) is 6.08. The van der Waals surface area contributed by atoms with Gasteiger partial charge in [0.1, 0.15) is 11.2 Å². The Labute approximate surface area is 171 Å². The Morgan fingerprint density at radius 3 is 2.31 bits per heavy atom. The van der Waals surface area contributed by atoms with Gasteiger partial charge in [0.2, 0.25) is 0 Å². The highest BCUT2D eigenvalue weighted by Crippen LogP contribution is 2.43. The lowest BCUT2D eigenvalue weighted by molar-refractivity contribution is 0.489. The number of benzene rings is 4. The van der Waals surface area contributed by atoms with Crippen LogP contribution in [-0.4, -0.2) is 5.54 Å². The molecule has 0 saturated carbocycles. The van der Waals surface area contributed by atoms with Crippen LogP contribution in [0, 0.1) is 0 Å². The summed E-state index contributed by atoms with van der Waals surface area (Å²) in [5, 5.41) is 4.86. The van der Waals surface area contributed by atoms with Crippen LogP contribution in [0.4, 0.5) is 11.4 Å².